The van der Waals surface area contributed by atoms with Gasteiger partial charge >= 0.3 is 0 Å². The minimum atomic E-state index is 0.559. The summed E-state index contributed by atoms with van der Waals surface area (Å²) >= 11 is 0. The summed E-state index contributed by atoms with van der Waals surface area (Å²) in [4.78, 5) is 0. The number of hydrogen-bond donors (Lipinski definition) is 1. The van der Waals surface area contributed by atoms with E-state index in [1.165, 1.54) is 12.0 Å². The fraction of sp³-hybridized carbons (Fsp3) is 0.692. The Bertz CT molecular complexity index is 247. The van der Waals surface area contributed by atoms with E-state index in [-0.39, 0.29) is 0 Å². The zero-order chi connectivity index (χ0) is 11.3. The van der Waals surface area contributed by atoms with Crippen molar-refractivity contribution >= 4 is 0 Å². The van der Waals surface area contributed by atoms with E-state index in [0.29, 0.717) is 6.04 Å². The molecule has 0 unspecified atom stereocenters. The van der Waals surface area contributed by atoms with Crippen molar-refractivity contribution in [2.75, 3.05) is 0 Å². The van der Waals surface area contributed by atoms with E-state index < -0.39 is 0 Å². The Morgan fingerprint density at radius 2 is 2.00 bits per heavy atom. The maximum absolute atomic E-state index is 3.43. The summed E-state index contributed by atoms with van der Waals surface area (Å²) in [5.41, 5.74) is 1.38. The predicted octanol–water partition coefficient (Wildman–Crippen LogP) is 3.03. The van der Waals surface area contributed by atoms with Gasteiger partial charge in [-0.05, 0) is 24.0 Å². The largest absolute Gasteiger partial charge is 0.354 e. The average Bonchev–Trinajstić information content (AvgIpc) is 2.59. The van der Waals surface area contributed by atoms with Crippen LogP contribution in [0.4, 0.5) is 0 Å². The first kappa shape index (κ1) is 12.3. The van der Waals surface area contributed by atoms with Crippen LogP contribution >= 0.6 is 0 Å². The molecule has 2 nitrogen and oxygen atoms in total. The minimum absolute atomic E-state index is 0.559. The summed E-state index contributed by atoms with van der Waals surface area (Å²) in [6.07, 6.45) is 5.68. The van der Waals surface area contributed by atoms with E-state index in [1.54, 1.807) is 0 Å². The van der Waals surface area contributed by atoms with Crippen LogP contribution in [0, 0.1) is 5.92 Å². The van der Waals surface area contributed by atoms with E-state index in [9.17, 15) is 0 Å². The molecular formula is C13H24N2. The molecule has 0 aliphatic heterocycles. The fourth-order valence-electron chi connectivity index (χ4n) is 1.46. The molecule has 0 fully saturated rings. The highest BCUT2D eigenvalue weighted by Crippen LogP contribution is 2.06. The summed E-state index contributed by atoms with van der Waals surface area (Å²) in [5.74, 6) is 0.782. The molecule has 0 aliphatic rings. The Labute approximate surface area is 93.7 Å². The normalized spacial score (nSPS) is 11.6. The number of nitrogens with one attached hydrogen (secondary N) is 1. The van der Waals surface area contributed by atoms with Crippen LogP contribution in [0.3, 0.4) is 0 Å². The van der Waals surface area contributed by atoms with Gasteiger partial charge < -0.3 is 9.88 Å². The lowest BCUT2D eigenvalue weighted by atomic mass is 10.1. The molecule has 0 saturated heterocycles. The summed E-state index contributed by atoms with van der Waals surface area (Å²) in [6, 6.07) is 2.76. The van der Waals surface area contributed by atoms with Crippen LogP contribution in [0.2, 0.25) is 0 Å². The first-order valence-corrected chi connectivity index (χ1v) is 5.96. The molecule has 0 amide bonds. The van der Waals surface area contributed by atoms with Gasteiger partial charge in [-0.25, -0.2) is 0 Å². The Kier molecular flexibility index (Phi) is 4.89. The molecule has 15 heavy (non-hydrogen) atoms. The predicted molar refractivity (Wildman–Crippen MR) is 65.9 cm³/mol. The summed E-state index contributed by atoms with van der Waals surface area (Å²) in [7, 11) is 0. The Morgan fingerprint density at radius 1 is 1.27 bits per heavy atom. The molecule has 0 spiro atoms. The molecule has 0 aromatic carbocycles. The fourth-order valence-corrected chi connectivity index (χ4v) is 1.46. The standard InChI is InChI=1S/C13H24N2/c1-11(2)5-7-15-8-6-13(10-15)9-14-12(3)4/h6,8,10-12,14H,5,7,9H2,1-4H3. The van der Waals surface area contributed by atoms with Gasteiger partial charge in [0.05, 0.1) is 0 Å². The van der Waals surface area contributed by atoms with E-state index in [0.717, 1.165) is 19.0 Å². The Morgan fingerprint density at radius 3 is 2.60 bits per heavy atom. The van der Waals surface area contributed by atoms with Gasteiger partial charge in [-0.2, -0.15) is 0 Å². The van der Waals surface area contributed by atoms with E-state index in [1.807, 2.05) is 0 Å². The minimum Gasteiger partial charge on any atom is -0.354 e. The molecule has 1 aromatic rings. The number of hydrogen-bond acceptors (Lipinski definition) is 1. The topological polar surface area (TPSA) is 17.0 Å². The zero-order valence-electron chi connectivity index (χ0n) is 10.5. The van der Waals surface area contributed by atoms with Crippen molar-refractivity contribution in [2.45, 2.75) is 53.2 Å². The van der Waals surface area contributed by atoms with Crippen LogP contribution in [-0.2, 0) is 13.1 Å². The third kappa shape index (κ3) is 5.03. The van der Waals surface area contributed by atoms with E-state index in [2.05, 4.69) is 56.0 Å². The molecule has 1 N–H and O–H groups in total. The monoisotopic (exact) mass is 208 g/mol. The number of rotatable bonds is 6. The van der Waals surface area contributed by atoms with Gasteiger partial charge in [0.1, 0.15) is 0 Å². The highest BCUT2D eigenvalue weighted by Gasteiger charge is 1.99. The maximum atomic E-state index is 3.43. The second kappa shape index (κ2) is 5.96. The van der Waals surface area contributed by atoms with Crippen molar-refractivity contribution in [1.82, 2.24) is 9.88 Å². The first-order chi connectivity index (χ1) is 7.08. The van der Waals surface area contributed by atoms with Crippen LogP contribution in [-0.4, -0.2) is 10.6 Å². The summed E-state index contributed by atoms with van der Waals surface area (Å²) in [5, 5.41) is 3.43. The zero-order valence-corrected chi connectivity index (χ0v) is 10.5. The van der Waals surface area contributed by atoms with Gasteiger partial charge in [-0.1, -0.05) is 27.7 Å². The smallest absolute Gasteiger partial charge is 0.0222 e. The third-order valence-electron chi connectivity index (χ3n) is 2.49. The van der Waals surface area contributed by atoms with E-state index in [4.69, 9.17) is 0 Å². The highest BCUT2D eigenvalue weighted by molar-refractivity contribution is 5.09. The van der Waals surface area contributed by atoms with E-state index >= 15 is 0 Å². The van der Waals surface area contributed by atoms with Crippen LogP contribution in [0.1, 0.15) is 39.7 Å². The van der Waals surface area contributed by atoms with Crippen LogP contribution in [0.5, 0.6) is 0 Å². The lowest BCUT2D eigenvalue weighted by Crippen LogP contribution is -2.21. The van der Waals surface area contributed by atoms with Gasteiger partial charge in [0.2, 0.25) is 0 Å². The first-order valence-electron chi connectivity index (χ1n) is 5.96. The van der Waals surface area contributed by atoms with Gasteiger partial charge in [0.25, 0.3) is 0 Å². The van der Waals surface area contributed by atoms with Crippen molar-refractivity contribution in [3.8, 4) is 0 Å². The number of aryl methyl sites for hydroxylation is 1. The molecule has 0 saturated carbocycles. The Balaban J connectivity index is 2.35. The van der Waals surface area contributed by atoms with Crippen molar-refractivity contribution in [3.63, 3.8) is 0 Å². The van der Waals surface area contributed by atoms with Gasteiger partial charge in [-0.15, -0.1) is 0 Å². The van der Waals surface area contributed by atoms with Gasteiger partial charge in [-0.3, -0.25) is 0 Å². The third-order valence-corrected chi connectivity index (χ3v) is 2.49. The summed E-state index contributed by atoms with van der Waals surface area (Å²) in [6.45, 7) is 11.0. The molecule has 0 bridgehead atoms. The van der Waals surface area contributed by atoms with Crippen LogP contribution < -0.4 is 5.32 Å². The number of aromatic nitrogens is 1. The molecule has 86 valence electrons. The van der Waals surface area contributed by atoms with Crippen molar-refractivity contribution < 1.29 is 0 Å². The van der Waals surface area contributed by atoms with Gasteiger partial charge in [0, 0.05) is 31.5 Å². The molecule has 2 heteroatoms. The van der Waals surface area contributed by atoms with Crippen LogP contribution in [0.15, 0.2) is 18.5 Å². The molecule has 0 atom stereocenters. The second-order valence-corrected chi connectivity index (χ2v) is 4.98. The molecular weight excluding hydrogens is 184 g/mol. The quantitative estimate of drug-likeness (QED) is 0.760. The number of nitrogens with zero attached hydrogens (tertiary/aromatic N) is 1. The maximum Gasteiger partial charge on any atom is 0.0222 e. The molecule has 0 aliphatic carbocycles. The van der Waals surface area contributed by atoms with Crippen LogP contribution in [0.25, 0.3) is 0 Å². The Hall–Kier alpha value is -0.760. The lowest BCUT2D eigenvalue weighted by molar-refractivity contribution is 0.516. The second-order valence-electron chi connectivity index (χ2n) is 4.98. The van der Waals surface area contributed by atoms with Crippen molar-refractivity contribution in [1.29, 1.82) is 0 Å². The SMILES string of the molecule is CC(C)CCn1ccc(CNC(C)C)c1. The highest BCUT2D eigenvalue weighted by atomic mass is 14.9. The van der Waals surface area contributed by atoms with Gasteiger partial charge in [0.15, 0.2) is 0 Å². The molecule has 0 radical (unpaired) electrons. The van der Waals surface area contributed by atoms with Crippen molar-refractivity contribution in [2.24, 2.45) is 5.92 Å². The molecule has 1 aromatic heterocycles. The lowest BCUT2D eigenvalue weighted by Gasteiger charge is -2.07. The molecule has 1 heterocycles. The molecule has 1 rings (SSSR count). The average molecular weight is 208 g/mol. The van der Waals surface area contributed by atoms with Crippen molar-refractivity contribution in [3.05, 3.63) is 24.0 Å². The summed E-state index contributed by atoms with van der Waals surface area (Å²) < 4.78 is 2.29.